The zero-order chi connectivity index (χ0) is 13.9. The summed E-state index contributed by atoms with van der Waals surface area (Å²) in [5.41, 5.74) is 7.44. The predicted octanol–water partition coefficient (Wildman–Crippen LogP) is 1.91. The lowest BCUT2D eigenvalue weighted by Gasteiger charge is -2.22. The molecule has 18 heavy (non-hydrogen) atoms. The molecule has 0 heterocycles. The lowest BCUT2D eigenvalue weighted by molar-refractivity contribution is -0.137. The molecule has 0 saturated heterocycles. The van der Waals surface area contributed by atoms with E-state index in [1.807, 2.05) is 0 Å². The minimum atomic E-state index is -4.58. The highest BCUT2D eigenvalue weighted by atomic mass is 19.4. The molecular weight excluding hydrogens is 250 g/mol. The van der Waals surface area contributed by atoms with Crippen molar-refractivity contribution in [2.24, 2.45) is 5.73 Å². The molecule has 3 N–H and O–H groups in total. The molecule has 0 aliphatic carbocycles. The highest BCUT2D eigenvalue weighted by Gasteiger charge is 2.32. The average Bonchev–Trinajstić information content (AvgIpc) is 2.23. The van der Waals surface area contributed by atoms with Crippen LogP contribution in [0.2, 0.25) is 0 Å². The first-order valence-electron chi connectivity index (χ1n) is 5.25. The van der Waals surface area contributed by atoms with Gasteiger partial charge in [-0.15, -0.1) is 0 Å². The molecule has 3 nitrogen and oxygen atoms in total. The number of alkyl halides is 3. The molecule has 0 bridgehead atoms. The Morgan fingerprint density at radius 1 is 1.28 bits per heavy atom. The monoisotopic (exact) mass is 265 g/mol. The Kier molecular flexibility index (Phi) is 4.66. The molecule has 1 atom stereocenters. The van der Waals surface area contributed by atoms with Crippen molar-refractivity contribution < 1.29 is 17.6 Å². The molecule has 0 fully saturated rings. The molecular formula is C11H15F4N3. The first kappa shape index (κ1) is 14.9. The van der Waals surface area contributed by atoms with Crippen LogP contribution in [-0.4, -0.2) is 25.6 Å². The summed E-state index contributed by atoms with van der Waals surface area (Å²) >= 11 is 0. The summed E-state index contributed by atoms with van der Waals surface area (Å²) in [4.78, 5) is 0. The molecule has 0 amide bonds. The van der Waals surface area contributed by atoms with E-state index in [1.54, 1.807) is 19.1 Å². The highest BCUT2D eigenvalue weighted by molar-refractivity contribution is 5.29. The van der Waals surface area contributed by atoms with E-state index in [0.29, 0.717) is 6.07 Å². The summed E-state index contributed by atoms with van der Waals surface area (Å²) in [6, 6.07) is 1.84. The molecule has 0 aromatic heterocycles. The van der Waals surface area contributed by atoms with E-state index in [2.05, 4.69) is 5.43 Å². The minimum Gasteiger partial charge on any atom is -0.329 e. The Bertz CT molecular complexity index is 404. The summed E-state index contributed by atoms with van der Waals surface area (Å²) in [6.45, 7) is 0.0545. The van der Waals surface area contributed by atoms with E-state index >= 15 is 0 Å². The van der Waals surface area contributed by atoms with Gasteiger partial charge in [0.15, 0.2) is 0 Å². The maximum atomic E-state index is 13.2. The quantitative estimate of drug-likeness (QED) is 0.645. The average molecular weight is 265 g/mol. The number of halogens is 4. The van der Waals surface area contributed by atoms with Crippen molar-refractivity contribution >= 4 is 0 Å². The number of hydrogen-bond donors (Lipinski definition) is 2. The van der Waals surface area contributed by atoms with Gasteiger partial charge in [0.2, 0.25) is 0 Å². The molecule has 0 aliphatic heterocycles. The van der Waals surface area contributed by atoms with Gasteiger partial charge in [-0.05, 0) is 23.8 Å². The lowest BCUT2D eigenvalue weighted by atomic mass is 10.0. The normalized spacial score (nSPS) is 14.0. The van der Waals surface area contributed by atoms with Gasteiger partial charge in [0.1, 0.15) is 5.82 Å². The molecule has 0 spiro atoms. The van der Waals surface area contributed by atoms with Crippen molar-refractivity contribution in [1.29, 1.82) is 0 Å². The summed E-state index contributed by atoms with van der Waals surface area (Å²) in [5.74, 6) is -0.932. The third-order valence-corrected chi connectivity index (χ3v) is 2.30. The minimum absolute atomic E-state index is 0.0545. The number of benzene rings is 1. The van der Waals surface area contributed by atoms with Crippen molar-refractivity contribution in [2.75, 3.05) is 20.6 Å². The SMILES string of the molecule is CN(C)NC(CN)c1cc(F)cc(C(F)(F)F)c1. The van der Waals surface area contributed by atoms with Crippen molar-refractivity contribution in [3.8, 4) is 0 Å². The Labute approximate surface area is 103 Å². The first-order chi connectivity index (χ1) is 8.24. The second-order valence-electron chi connectivity index (χ2n) is 4.08. The fraction of sp³-hybridized carbons (Fsp3) is 0.455. The fourth-order valence-electron chi connectivity index (χ4n) is 1.55. The maximum Gasteiger partial charge on any atom is 0.416 e. The van der Waals surface area contributed by atoms with E-state index in [1.165, 1.54) is 0 Å². The smallest absolute Gasteiger partial charge is 0.329 e. The number of hydrazine groups is 1. The summed E-state index contributed by atoms with van der Waals surface area (Å²) < 4.78 is 50.9. The number of hydrogen-bond acceptors (Lipinski definition) is 3. The first-order valence-corrected chi connectivity index (χ1v) is 5.25. The van der Waals surface area contributed by atoms with Crippen LogP contribution in [0.3, 0.4) is 0 Å². The third-order valence-electron chi connectivity index (χ3n) is 2.30. The maximum absolute atomic E-state index is 13.2. The van der Waals surface area contributed by atoms with Crippen LogP contribution in [0, 0.1) is 5.82 Å². The van der Waals surface area contributed by atoms with Crippen molar-refractivity contribution in [3.05, 3.63) is 35.1 Å². The number of nitrogens with zero attached hydrogens (tertiary/aromatic N) is 1. The van der Waals surface area contributed by atoms with E-state index < -0.39 is 23.6 Å². The van der Waals surface area contributed by atoms with Crippen molar-refractivity contribution in [2.45, 2.75) is 12.2 Å². The van der Waals surface area contributed by atoms with Gasteiger partial charge in [0.05, 0.1) is 11.6 Å². The Morgan fingerprint density at radius 2 is 1.89 bits per heavy atom. The van der Waals surface area contributed by atoms with Crippen LogP contribution in [-0.2, 0) is 6.18 Å². The molecule has 0 radical (unpaired) electrons. The van der Waals surface area contributed by atoms with Crippen molar-refractivity contribution in [3.63, 3.8) is 0 Å². The van der Waals surface area contributed by atoms with E-state index in [4.69, 9.17) is 5.73 Å². The number of nitrogens with two attached hydrogens (primary N) is 1. The van der Waals surface area contributed by atoms with Crippen LogP contribution in [0.4, 0.5) is 17.6 Å². The molecule has 1 rings (SSSR count). The van der Waals surface area contributed by atoms with Gasteiger partial charge in [-0.2, -0.15) is 13.2 Å². The Morgan fingerprint density at radius 3 is 2.33 bits per heavy atom. The van der Waals surface area contributed by atoms with Crippen LogP contribution in [0.25, 0.3) is 0 Å². The second-order valence-corrected chi connectivity index (χ2v) is 4.08. The van der Waals surface area contributed by atoms with Gasteiger partial charge in [0, 0.05) is 20.6 Å². The topological polar surface area (TPSA) is 41.3 Å². The van der Waals surface area contributed by atoms with Gasteiger partial charge < -0.3 is 5.73 Å². The molecule has 0 aliphatic rings. The van der Waals surface area contributed by atoms with Crippen LogP contribution in [0.15, 0.2) is 18.2 Å². The Hall–Kier alpha value is -1.18. The zero-order valence-corrected chi connectivity index (χ0v) is 10.1. The van der Waals surface area contributed by atoms with Crippen LogP contribution >= 0.6 is 0 Å². The van der Waals surface area contributed by atoms with Crippen LogP contribution < -0.4 is 11.2 Å². The molecule has 1 aromatic rings. The van der Waals surface area contributed by atoms with Gasteiger partial charge in [0.25, 0.3) is 0 Å². The zero-order valence-electron chi connectivity index (χ0n) is 10.1. The number of rotatable bonds is 4. The van der Waals surface area contributed by atoms with E-state index in [-0.39, 0.29) is 12.1 Å². The summed E-state index contributed by atoms with van der Waals surface area (Å²) in [5, 5.41) is 1.55. The third kappa shape index (κ3) is 3.94. The van der Waals surface area contributed by atoms with Gasteiger partial charge in [-0.25, -0.2) is 14.8 Å². The molecule has 7 heteroatoms. The molecule has 102 valence electrons. The Balaban J connectivity index is 3.11. The van der Waals surface area contributed by atoms with E-state index in [9.17, 15) is 17.6 Å². The summed E-state index contributed by atoms with van der Waals surface area (Å²) in [6.07, 6.45) is -4.58. The van der Waals surface area contributed by atoms with Gasteiger partial charge in [-0.1, -0.05) is 0 Å². The molecule has 1 aromatic carbocycles. The number of nitrogens with one attached hydrogen (secondary N) is 1. The van der Waals surface area contributed by atoms with Crippen LogP contribution in [0.5, 0.6) is 0 Å². The molecule has 0 saturated carbocycles. The van der Waals surface area contributed by atoms with Gasteiger partial charge >= 0.3 is 6.18 Å². The second kappa shape index (κ2) is 5.64. The van der Waals surface area contributed by atoms with Gasteiger partial charge in [-0.3, -0.25) is 0 Å². The van der Waals surface area contributed by atoms with Crippen LogP contribution in [0.1, 0.15) is 17.2 Å². The molecule has 1 unspecified atom stereocenters. The highest BCUT2D eigenvalue weighted by Crippen LogP contribution is 2.31. The standard InChI is InChI=1S/C11H15F4N3/c1-18(2)17-10(6-16)7-3-8(11(13,14)15)5-9(12)4-7/h3-5,10,17H,6,16H2,1-2H3. The van der Waals surface area contributed by atoms with Crippen molar-refractivity contribution in [1.82, 2.24) is 10.4 Å². The van der Waals surface area contributed by atoms with E-state index in [0.717, 1.165) is 12.1 Å². The predicted molar refractivity (Wildman–Crippen MR) is 60.0 cm³/mol. The lowest BCUT2D eigenvalue weighted by Crippen LogP contribution is -2.38. The summed E-state index contributed by atoms with van der Waals surface area (Å²) in [7, 11) is 3.35. The largest absolute Gasteiger partial charge is 0.416 e. The fourth-order valence-corrected chi connectivity index (χ4v) is 1.55.